The molecule has 1 aliphatic rings. The van der Waals surface area contributed by atoms with E-state index in [0.29, 0.717) is 13.2 Å². The van der Waals surface area contributed by atoms with Gasteiger partial charge in [0, 0.05) is 11.5 Å². The van der Waals surface area contributed by atoms with E-state index in [9.17, 15) is 9.59 Å². The molecular formula is C24H42O4Si. The standard InChI is InChI=1S/C24H42O4Si/c1-10-27-21(25)16-20-22(26)19(17-28-29(8,9)23(4,5)6)13-15-24(20,7)14-11-12-18(2)3/h12-13,20H,10-11,14-17H2,1-9H3/t20-,24+/m1/s1. The maximum Gasteiger partial charge on any atom is 0.306 e. The van der Waals surface area contributed by atoms with E-state index in [0.717, 1.165) is 24.8 Å². The van der Waals surface area contributed by atoms with Crippen LogP contribution in [0, 0.1) is 11.3 Å². The van der Waals surface area contributed by atoms with Gasteiger partial charge in [-0.05, 0) is 63.6 Å². The van der Waals surface area contributed by atoms with Crippen LogP contribution in [-0.2, 0) is 18.8 Å². The van der Waals surface area contributed by atoms with E-state index in [4.69, 9.17) is 9.16 Å². The van der Waals surface area contributed by atoms with Gasteiger partial charge >= 0.3 is 5.97 Å². The molecule has 4 nitrogen and oxygen atoms in total. The summed E-state index contributed by atoms with van der Waals surface area (Å²) in [5, 5.41) is 0.0917. The summed E-state index contributed by atoms with van der Waals surface area (Å²) in [4.78, 5) is 25.6. The molecule has 166 valence electrons. The van der Waals surface area contributed by atoms with E-state index in [1.54, 1.807) is 6.92 Å². The highest BCUT2D eigenvalue weighted by atomic mass is 28.4. The first-order valence-corrected chi connectivity index (χ1v) is 13.8. The minimum atomic E-state index is -1.95. The number of Topliss-reactive ketones (excluding diaryl/α,β-unsaturated/α-hetero) is 1. The lowest BCUT2D eigenvalue weighted by atomic mass is 9.64. The number of esters is 1. The van der Waals surface area contributed by atoms with Crippen LogP contribution in [0.2, 0.25) is 18.1 Å². The van der Waals surface area contributed by atoms with Gasteiger partial charge in [-0.2, -0.15) is 0 Å². The maximum absolute atomic E-state index is 13.4. The Kier molecular flexibility index (Phi) is 9.09. The number of hydrogen-bond donors (Lipinski definition) is 0. The number of allylic oxidation sites excluding steroid dienone is 3. The molecule has 0 aromatic carbocycles. The van der Waals surface area contributed by atoms with Crippen LogP contribution in [-0.4, -0.2) is 33.3 Å². The molecule has 0 fully saturated rings. The van der Waals surface area contributed by atoms with Crippen LogP contribution < -0.4 is 0 Å². The second-order valence-electron chi connectivity index (χ2n) is 10.4. The molecule has 0 saturated carbocycles. The lowest BCUT2D eigenvalue weighted by Crippen LogP contribution is -2.44. The van der Waals surface area contributed by atoms with Crippen molar-refractivity contribution in [1.29, 1.82) is 0 Å². The largest absolute Gasteiger partial charge is 0.466 e. The first kappa shape index (κ1) is 25.8. The molecule has 5 heteroatoms. The van der Waals surface area contributed by atoms with Crippen molar-refractivity contribution in [3.8, 4) is 0 Å². The Morgan fingerprint density at radius 3 is 2.45 bits per heavy atom. The summed E-state index contributed by atoms with van der Waals surface area (Å²) >= 11 is 0. The predicted molar refractivity (Wildman–Crippen MR) is 122 cm³/mol. The molecule has 2 atom stereocenters. The Balaban J connectivity index is 3.05. The first-order chi connectivity index (χ1) is 13.2. The molecule has 0 amide bonds. The normalized spacial score (nSPS) is 22.9. The van der Waals surface area contributed by atoms with Crippen molar-refractivity contribution in [2.24, 2.45) is 11.3 Å². The molecule has 0 N–H and O–H groups in total. The van der Waals surface area contributed by atoms with Gasteiger partial charge in [0.1, 0.15) is 0 Å². The Hall–Kier alpha value is -1.20. The molecule has 0 aromatic rings. The molecule has 1 aliphatic carbocycles. The lowest BCUT2D eigenvalue weighted by molar-refractivity contribution is -0.148. The van der Waals surface area contributed by atoms with E-state index in [1.165, 1.54) is 5.57 Å². The van der Waals surface area contributed by atoms with Crippen LogP contribution in [0.1, 0.15) is 74.1 Å². The minimum Gasteiger partial charge on any atom is -0.466 e. The van der Waals surface area contributed by atoms with Crippen molar-refractivity contribution in [3.05, 3.63) is 23.3 Å². The van der Waals surface area contributed by atoms with Gasteiger partial charge in [0.15, 0.2) is 14.1 Å². The van der Waals surface area contributed by atoms with Crippen molar-refractivity contribution in [2.45, 2.75) is 92.3 Å². The van der Waals surface area contributed by atoms with E-state index < -0.39 is 8.32 Å². The molecule has 0 bridgehead atoms. The van der Waals surface area contributed by atoms with Crippen LogP contribution in [0.15, 0.2) is 23.3 Å². The second kappa shape index (κ2) is 10.2. The summed E-state index contributed by atoms with van der Waals surface area (Å²) < 4.78 is 11.5. The van der Waals surface area contributed by atoms with E-state index in [1.807, 2.05) is 0 Å². The Morgan fingerprint density at radius 1 is 1.31 bits per heavy atom. The molecule has 29 heavy (non-hydrogen) atoms. The van der Waals surface area contributed by atoms with E-state index >= 15 is 0 Å². The van der Waals surface area contributed by atoms with Crippen molar-refractivity contribution >= 4 is 20.1 Å². The molecule has 0 heterocycles. The fourth-order valence-corrected chi connectivity index (χ4v) is 4.39. The zero-order valence-electron chi connectivity index (χ0n) is 20.1. The predicted octanol–water partition coefficient (Wildman–Crippen LogP) is 6.23. The lowest BCUT2D eigenvalue weighted by Gasteiger charge is -2.41. The first-order valence-electron chi connectivity index (χ1n) is 10.9. The van der Waals surface area contributed by atoms with Crippen LogP contribution >= 0.6 is 0 Å². The monoisotopic (exact) mass is 422 g/mol. The van der Waals surface area contributed by atoms with Crippen molar-refractivity contribution < 1.29 is 18.8 Å². The summed E-state index contributed by atoms with van der Waals surface area (Å²) in [6.45, 7) is 19.8. The highest BCUT2D eigenvalue weighted by Crippen LogP contribution is 2.45. The van der Waals surface area contributed by atoms with Gasteiger partial charge in [0.25, 0.3) is 0 Å². The highest BCUT2D eigenvalue weighted by Gasteiger charge is 2.44. The zero-order valence-corrected chi connectivity index (χ0v) is 21.1. The number of ketones is 1. The quantitative estimate of drug-likeness (QED) is 0.251. The molecule has 0 radical (unpaired) electrons. The summed E-state index contributed by atoms with van der Waals surface area (Å²) in [5.74, 6) is -0.580. The fraction of sp³-hybridized carbons (Fsp3) is 0.750. The van der Waals surface area contributed by atoms with Crippen molar-refractivity contribution in [2.75, 3.05) is 13.2 Å². The Morgan fingerprint density at radius 2 is 1.93 bits per heavy atom. The third-order valence-electron chi connectivity index (χ3n) is 6.63. The molecule has 0 spiro atoms. The average Bonchev–Trinajstić information content (AvgIpc) is 2.57. The van der Waals surface area contributed by atoms with Gasteiger partial charge in [-0.3, -0.25) is 9.59 Å². The highest BCUT2D eigenvalue weighted by molar-refractivity contribution is 6.74. The fourth-order valence-electron chi connectivity index (χ4n) is 3.44. The van der Waals surface area contributed by atoms with Crippen LogP contribution in [0.3, 0.4) is 0 Å². The number of carbonyl (C=O) groups excluding carboxylic acids is 2. The third-order valence-corrected chi connectivity index (χ3v) is 11.1. The molecule has 0 aliphatic heterocycles. The molecular weight excluding hydrogens is 380 g/mol. The van der Waals surface area contributed by atoms with Gasteiger partial charge in [-0.1, -0.05) is 45.4 Å². The second-order valence-corrected chi connectivity index (χ2v) is 15.2. The van der Waals surface area contributed by atoms with Crippen molar-refractivity contribution in [3.63, 3.8) is 0 Å². The summed E-state index contributed by atoms with van der Waals surface area (Å²) in [7, 11) is -1.95. The van der Waals surface area contributed by atoms with Crippen molar-refractivity contribution in [1.82, 2.24) is 0 Å². The van der Waals surface area contributed by atoms with Gasteiger partial charge in [-0.25, -0.2) is 0 Å². The van der Waals surface area contributed by atoms with Crippen LogP contribution in [0.25, 0.3) is 0 Å². The molecule has 0 unspecified atom stereocenters. The Labute approximate surface area is 179 Å². The minimum absolute atomic E-state index is 0.0581. The van der Waals surface area contributed by atoms with Gasteiger partial charge in [0.05, 0.1) is 19.6 Å². The molecule has 0 aromatic heterocycles. The molecule has 1 rings (SSSR count). The number of rotatable bonds is 9. The average molecular weight is 423 g/mol. The van der Waals surface area contributed by atoms with E-state index in [-0.39, 0.29) is 34.5 Å². The van der Waals surface area contributed by atoms with E-state index in [2.05, 4.69) is 66.8 Å². The number of hydrogen-bond acceptors (Lipinski definition) is 4. The SMILES string of the molecule is CCOC(=O)C[C@@H]1C(=O)C(CO[Si](C)(C)C(C)(C)C)=CC[C@]1(C)CCC=C(C)C. The van der Waals surface area contributed by atoms with Gasteiger partial charge < -0.3 is 9.16 Å². The maximum atomic E-state index is 13.4. The number of carbonyl (C=O) groups is 2. The molecule has 0 saturated heterocycles. The summed E-state index contributed by atoms with van der Waals surface area (Å²) in [6.07, 6.45) is 6.98. The summed E-state index contributed by atoms with van der Waals surface area (Å²) in [5.41, 5.74) is 1.76. The number of ether oxygens (including phenoxy) is 1. The van der Waals surface area contributed by atoms with Crippen LogP contribution in [0.5, 0.6) is 0 Å². The zero-order chi connectivity index (χ0) is 22.5. The third kappa shape index (κ3) is 7.21. The van der Waals surface area contributed by atoms with Crippen LogP contribution in [0.4, 0.5) is 0 Å². The Bertz CT molecular complexity index is 650. The van der Waals surface area contributed by atoms with Gasteiger partial charge in [0.2, 0.25) is 0 Å². The van der Waals surface area contributed by atoms with Gasteiger partial charge in [-0.15, -0.1) is 0 Å². The smallest absolute Gasteiger partial charge is 0.306 e. The summed E-state index contributed by atoms with van der Waals surface area (Å²) in [6, 6.07) is 0. The topological polar surface area (TPSA) is 52.6 Å².